The summed E-state index contributed by atoms with van der Waals surface area (Å²) in [5, 5.41) is 20.4. The molecule has 5 N–H and O–H groups in total. The highest BCUT2D eigenvalue weighted by Crippen LogP contribution is 2.30. The lowest BCUT2D eigenvalue weighted by molar-refractivity contribution is -0.133. The summed E-state index contributed by atoms with van der Waals surface area (Å²) in [6, 6.07) is -0.579. The number of nitrogens with one attached hydrogen (secondary N) is 1. The molecule has 0 aromatic heterocycles. The van der Waals surface area contributed by atoms with Crippen LogP contribution in [0, 0.1) is 5.92 Å². The molecule has 0 unspecified atom stereocenters. The van der Waals surface area contributed by atoms with Crippen LogP contribution < -0.4 is 11.1 Å². The molecule has 0 bridgehead atoms. The maximum Gasteiger partial charge on any atom is 0.405 e. The fraction of sp³-hybridized carbons (Fsp3) is 0.833. The molecule has 7 nitrogen and oxygen atoms in total. The highest BCUT2D eigenvalue weighted by molar-refractivity contribution is 5.87. The van der Waals surface area contributed by atoms with Crippen molar-refractivity contribution in [3.63, 3.8) is 0 Å². The van der Waals surface area contributed by atoms with Gasteiger partial charge in [0.05, 0.1) is 0 Å². The maximum absolute atomic E-state index is 12.2. The lowest BCUT2D eigenvalue weighted by Crippen LogP contribution is -2.51. The molecule has 1 aliphatic carbocycles. The standard InChI is InChI=1S/C12H21N3O4/c13-8-1-2-10(7(5-8)6-16)15-4-3-9(11(15)17)14-12(18)19/h7-10,14,16H,1-6,13H2,(H,18,19)/t7-,8+,9-,10-/m0/s1. The summed E-state index contributed by atoms with van der Waals surface area (Å²) in [6.45, 7) is 0.555. The van der Waals surface area contributed by atoms with Gasteiger partial charge >= 0.3 is 6.09 Å². The van der Waals surface area contributed by atoms with Crippen LogP contribution in [0.5, 0.6) is 0 Å². The van der Waals surface area contributed by atoms with E-state index in [-0.39, 0.29) is 30.5 Å². The van der Waals surface area contributed by atoms with E-state index in [1.807, 2.05) is 0 Å². The van der Waals surface area contributed by atoms with Crippen molar-refractivity contribution in [2.45, 2.75) is 43.8 Å². The van der Waals surface area contributed by atoms with E-state index in [0.717, 1.165) is 12.8 Å². The van der Waals surface area contributed by atoms with Crippen molar-refractivity contribution in [3.05, 3.63) is 0 Å². The second-order valence-electron chi connectivity index (χ2n) is 5.41. The summed E-state index contributed by atoms with van der Waals surface area (Å²) >= 11 is 0. The van der Waals surface area contributed by atoms with Crippen LogP contribution in [0.1, 0.15) is 25.7 Å². The zero-order valence-electron chi connectivity index (χ0n) is 10.8. The number of nitrogens with two attached hydrogens (primary N) is 1. The van der Waals surface area contributed by atoms with E-state index in [0.29, 0.717) is 19.4 Å². The SMILES string of the molecule is N[C@@H]1CC[C@H](N2CC[C@H](NC(=O)O)C2=O)[C@H](CO)C1. The Labute approximate surface area is 111 Å². The molecule has 2 aliphatic rings. The molecule has 0 radical (unpaired) electrons. The molecule has 0 aromatic rings. The number of carbonyl (C=O) groups is 2. The van der Waals surface area contributed by atoms with Crippen molar-refractivity contribution in [2.75, 3.05) is 13.2 Å². The molecule has 19 heavy (non-hydrogen) atoms. The van der Waals surface area contributed by atoms with Crippen LogP contribution >= 0.6 is 0 Å². The molecule has 0 spiro atoms. The van der Waals surface area contributed by atoms with Gasteiger partial charge in [-0.15, -0.1) is 0 Å². The first-order chi connectivity index (χ1) is 9.02. The minimum atomic E-state index is -1.18. The fourth-order valence-corrected chi connectivity index (χ4v) is 3.21. The molecule has 2 rings (SSSR count). The Morgan fingerprint density at radius 1 is 1.42 bits per heavy atom. The zero-order valence-corrected chi connectivity index (χ0v) is 10.8. The first kappa shape index (κ1) is 14.1. The molecule has 4 atom stereocenters. The minimum Gasteiger partial charge on any atom is -0.465 e. The van der Waals surface area contributed by atoms with Crippen molar-refractivity contribution in [1.29, 1.82) is 0 Å². The first-order valence-electron chi connectivity index (χ1n) is 6.69. The Morgan fingerprint density at radius 2 is 2.16 bits per heavy atom. The Balaban J connectivity index is 2.01. The number of nitrogens with zero attached hydrogens (tertiary/aromatic N) is 1. The zero-order chi connectivity index (χ0) is 14.0. The molecule has 1 aliphatic heterocycles. The van der Waals surface area contributed by atoms with Crippen LogP contribution in [0.2, 0.25) is 0 Å². The van der Waals surface area contributed by atoms with Gasteiger partial charge in [-0.05, 0) is 25.7 Å². The third kappa shape index (κ3) is 2.98. The number of rotatable bonds is 3. The van der Waals surface area contributed by atoms with Gasteiger partial charge in [-0.3, -0.25) is 4.79 Å². The summed E-state index contributed by atoms with van der Waals surface area (Å²) in [6.07, 6.45) is 1.64. The molecule has 7 heteroatoms. The van der Waals surface area contributed by atoms with Crippen LogP contribution in [-0.2, 0) is 4.79 Å². The molecule has 2 fully saturated rings. The number of carbonyl (C=O) groups excluding carboxylic acids is 1. The van der Waals surface area contributed by atoms with E-state index in [4.69, 9.17) is 10.8 Å². The van der Waals surface area contributed by atoms with E-state index in [9.17, 15) is 14.7 Å². The smallest absolute Gasteiger partial charge is 0.405 e. The van der Waals surface area contributed by atoms with Crippen molar-refractivity contribution in [2.24, 2.45) is 11.7 Å². The van der Waals surface area contributed by atoms with Crippen LogP contribution in [0.15, 0.2) is 0 Å². The predicted molar refractivity (Wildman–Crippen MR) is 67.5 cm³/mol. The monoisotopic (exact) mass is 271 g/mol. The summed E-state index contributed by atoms with van der Waals surface area (Å²) < 4.78 is 0. The van der Waals surface area contributed by atoms with Crippen LogP contribution in [0.25, 0.3) is 0 Å². The van der Waals surface area contributed by atoms with Crippen molar-refractivity contribution in [3.8, 4) is 0 Å². The summed E-state index contributed by atoms with van der Waals surface area (Å²) in [7, 11) is 0. The number of aliphatic hydroxyl groups is 1. The van der Waals surface area contributed by atoms with Gasteiger partial charge < -0.3 is 26.2 Å². The summed E-state index contributed by atoms with van der Waals surface area (Å²) in [4.78, 5) is 24.5. The first-order valence-corrected chi connectivity index (χ1v) is 6.69. The number of carboxylic acid groups (broad SMARTS) is 1. The Morgan fingerprint density at radius 3 is 2.79 bits per heavy atom. The average molecular weight is 271 g/mol. The largest absolute Gasteiger partial charge is 0.465 e. The van der Waals surface area contributed by atoms with Crippen LogP contribution in [-0.4, -0.2) is 58.4 Å². The number of likely N-dealkylation sites (tertiary alicyclic amines) is 1. The molecule has 2 amide bonds. The summed E-state index contributed by atoms with van der Waals surface area (Å²) in [5.74, 6) is -0.183. The van der Waals surface area contributed by atoms with Gasteiger partial charge in [-0.2, -0.15) is 0 Å². The average Bonchev–Trinajstić information content (AvgIpc) is 2.70. The topological polar surface area (TPSA) is 116 Å². The Kier molecular flexibility index (Phi) is 4.26. The normalized spacial score (nSPS) is 35.5. The predicted octanol–water partition coefficient (Wildman–Crippen LogP) is -0.657. The van der Waals surface area contributed by atoms with E-state index in [1.54, 1.807) is 4.90 Å². The fourth-order valence-electron chi connectivity index (χ4n) is 3.21. The van der Waals surface area contributed by atoms with Crippen LogP contribution in [0.4, 0.5) is 4.79 Å². The van der Waals surface area contributed by atoms with Gasteiger partial charge in [0.2, 0.25) is 5.91 Å². The van der Waals surface area contributed by atoms with E-state index >= 15 is 0 Å². The molecular weight excluding hydrogens is 250 g/mol. The van der Waals surface area contributed by atoms with Gasteiger partial charge in [0.25, 0.3) is 0 Å². The molecule has 108 valence electrons. The van der Waals surface area contributed by atoms with Gasteiger partial charge in [0.1, 0.15) is 6.04 Å². The van der Waals surface area contributed by atoms with Gasteiger partial charge in [-0.25, -0.2) is 4.79 Å². The lowest BCUT2D eigenvalue weighted by atomic mass is 9.81. The van der Waals surface area contributed by atoms with Crippen molar-refractivity contribution >= 4 is 12.0 Å². The third-order valence-corrected chi connectivity index (χ3v) is 4.16. The molecular formula is C12H21N3O4. The Hall–Kier alpha value is -1.34. The highest BCUT2D eigenvalue weighted by Gasteiger charge is 2.41. The van der Waals surface area contributed by atoms with Gasteiger partial charge in [0, 0.05) is 31.2 Å². The molecule has 1 saturated carbocycles. The van der Waals surface area contributed by atoms with Crippen molar-refractivity contribution in [1.82, 2.24) is 10.2 Å². The van der Waals surface area contributed by atoms with E-state index < -0.39 is 12.1 Å². The Bertz CT molecular complexity index is 363. The summed E-state index contributed by atoms with van der Waals surface area (Å²) in [5.41, 5.74) is 5.88. The molecule has 1 saturated heterocycles. The van der Waals surface area contributed by atoms with Gasteiger partial charge in [0.15, 0.2) is 0 Å². The number of amides is 2. The third-order valence-electron chi connectivity index (χ3n) is 4.16. The van der Waals surface area contributed by atoms with Gasteiger partial charge in [-0.1, -0.05) is 0 Å². The molecule has 1 heterocycles. The maximum atomic E-state index is 12.2. The highest BCUT2D eigenvalue weighted by atomic mass is 16.4. The van der Waals surface area contributed by atoms with E-state index in [1.165, 1.54) is 0 Å². The second kappa shape index (κ2) is 5.75. The second-order valence-corrected chi connectivity index (χ2v) is 5.41. The van der Waals surface area contributed by atoms with Crippen LogP contribution in [0.3, 0.4) is 0 Å². The number of aliphatic hydroxyl groups excluding tert-OH is 1. The quantitative estimate of drug-likeness (QED) is 0.544. The molecule has 0 aromatic carbocycles. The number of hydrogen-bond acceptors (Lipinski definition) is 4. The van der Waals surface area contributed by atoms with E-state index in [2.05, 4.69) is 5.32 Å². The van der Waals surface area contributed by atoms with Crippen molar-refractivity contribution < 1.29 is 19.8 Å². The number of hydrogen-bond donors (Lipinski definition) is 4. The lowest BCUT2D eigenvalue weighted by Gasteiger charge is -2.39. The minimum absolute atomic E-state index is 0.00345.